The average Bonchev–Trinajstić information content (AvgIpc) is 3.03. The number of fused-ring (bicyclic) bond motifs is 2. The second kappa shape index (κ2) is 6.13. The van der Waals surface area contributed by atoms with Gasteiger partial charge in [0.15, 0.2) is 6.10 Å². The maximum Gasteiger partial charge on any atom is 0.262 e. The van der Waals surface area contributed by atoms with E-state index < -0.39 is 6.10 Å². The number of para-hydroxylation sites is 3. The van der Waals surface area contributed by atoms with Gasteiger partial charge in [-0.1, -0.05) is 24.3 Å². The second-order valence-electron chi connectivity index (χ2n) is 5.64. The minimum absolute atomic E-state index is 0.112. The Kier molecular flexibility index (Phi) is 3.82. The molecule has 1 aliphatic rings. The maximum atomic E-state index is 12.0. The van der Waals surface area contributed by atoms with E-state index >= 15 is 0 Å². The molecular formula is C18H17N3O2S. The number of amides is 1. The van der Waals surface area contributed by atoms with Gasteiger partial charge in [-0.25, -0.2) is 4.98 Å². The Morgan fingerprint density at radius 1 is 1.29 bits per heavy atom. The first-order valence-electron chi connectivity index (χ1n) is 7.81. The molecule has 0 radical (unpaired) electrons. The number of carbonyl (C=O) groups excluding carboxylic acids is 1. The molecule has 0 unspecified atom stereocenters. The molecule has 0 aliphatic carbocycles. The first-order chi connectivity index (χ1) is 11.7. The Morgan fingerprint density at radius 2 is 2.08 bits per heavy atom. The van der Waals surface area contributed by atoms with Crippen molar-refractivity contribution in [3.05, 3.63) is 53.5 Å². The van der Waals surface area contributed by atoms with Crippen molar-refractivity contribution >= 4 is 33.1 Å². The van der Waals surface area contributed by atoms with Gasteiger partial charge in [-0.05, 0) is 24.3 Å². The number of benzene rings is 2. The monoisotopic (exact) mass is 339 g/mol. The fourth-order valence-electron chi connectivity index (χ4n) is 2.91. The number of nitrogens with zero attached hydrogens (tertiary/aromatic N) is 2. The third kappa shape index (κ3) is 2.69. The smallest absolute Gasteiger partial charge is 0.262 e. The molecule has 1 N–H and O–H groups in total. The highest BCUT2D eigenvalue weighted by atomic mass is 32.1. The fraction of sp³-hybridized carbons (Fsp3) is 0.222. The third-order valence-electron chi connectivity index (χ3n) is 4.06. The van der Waals surface area contributed by atoms with Crippen LogP contribution in [0, 0.1) is 0 Å². The van der Waals surface area contributed by atoms with Crippen LogP contribution in [-0.4, -0.2) is 30.6 Å². The number of anilines is 1. The molecule has 1 aromatic heterocycles. The summed E-state index contributed by atoms with van der Waals surface area (Å²) >= 11 is 1.69. The van der Waals surface area contributed by atoms with Gasteiger partial charge in [-0.3, -0.25) is 4.79 Å². The number of ether oxygens (including phenoxy) is 1. The third-order valence-corrected chi connectivity index (χ3v) is 5.09. The molecule has 6 heteroatoms. The topological polar surface area (TPSA) is 54.5 Å². The minimum Gasteiger partial charge on any atom is -0.477 e. The van der Waals surface area contributed by atoms with E-state index in [1.807, 2.05) is 42.5 Å². The molecule has 0 bridgehead atoms. The van der Waals surface area contributed by atoms with E-state index in [4.69, 9.17) is 9.72 Å². The van der Waals surface area contributed by atoms with Crippen molar-refractivity contribution in [3.8, 4) is 5.75 Å². The van der Waals surface area contributed by atoms with Crippen molar-refractivity contribution in [2.45, 2.75) is 12.6 Å². The molecule has 3 aromatic rings. The highest BCUT2D eigenvalue weighted by Crippen LogP contribution is 2.35. The zero-order valence-corrected chi connectivity index (χ0v) is 14.0. The van der Waals surface area contributed by atoms with Gasteiger partial charge in [-0.2, -0.15) is 0 Å². The van der Waals surface area contributed by atoms with E-state index in [9.17, 15) is 4.79 Å². The number of aromatic nitrogens is 1. The SMILES string of the molecule is CNC(=O)[C@H]1CN(Cc2nc3ccccc3s2)c2ccccc2O1. The number of nitrogens with one attached hydrogen (secondary N) is 1. The molecule has 24 heavy (non-hydrogen) atoms. The van der Waals surface area contributed by atoms with Crippen molar-refractivity contribution in [1.29, 1.82) is 0 Å². The standard InChI is InChI=1S/C18H17N3O2S/c1-19-18(22)15-10-21(13-7-3-4-8-14(13)23-15)11-17-20-12-6-2-5-9-16(12)24-17/h2-9,15H,10-11H2,1H3,(H,19,22)/t15-/m1/s1. The van der Waals surface area contributed by atoms with Gasteiger partial charge in [0, 0.05) is 7.05 Å². The number of carbonyl (C=O) groups is 1. The number of rotatable bonds is 3. The first-order valence-corrected chi connectivity index (χ1v) is 8.63. The van der Waals surface area contributed by atoms with Gasteiger partial charge in [0.2, 0.25) is 0 Å². The van der Waals surface area contributed by atoms with Gasteiger partial charge in [0.05, 0.1) is 29.0 Å². The van der Waals surface area contributed by atoms with Crippen LogP contribution in [0.15, 0.2) is 48.5 Å². The summed E-state index contributed by atoms with van der Waals surface area (Å²) in [5.41, 5.74) is 2.01. The Bertz CT molecular complexity index is 860. The molecule has 2 aromatic carbocycles. The van der Waals surface area contributed by atoms with E-state index in [1.54, 1.807) is 18.4 Å². The van der Waals surface area contributed by atoms with Crippen LogP contribution in [0.5, 0.6) is 5.75 Å². The molecule has 0 saturated heterocycles. The van der Waals surface area contributed by atoms with Crippen LogP contribution in [-0.2, 0) is 11.3 Å². The molecule has 5 nitrogen and oxygen atoms in total. The van der Waals surface area contributed by atoms with E-state index in [-0.39, 0.29) is 5.91 Å². The van der Waals surface area contributed by atoms with Crippen molar-refractivity contribution in [3.63, 3.8) is 0 Å². The average molecular weight is 339 g/mol. The molecule has 0 saturated carbocycles. The molecule has 0 spiro atoms. The number of hydrogen-bond acceptors (Lipinski definition) is 5. The highest BCUT2D eigenvalue weighted by Gasteiger charge is 2.30. The maximum absolute atomic E-state index is 12.0. The highest BCUT2D eigenvalue weighted by molar-refractivity contribution is 7.18. The zero-order valence-electron chi connectivity index (χ0n) is 13.2. The summed E-state index contributed by atoms with van der Waals surface area (Å²) in [6.07, 6.45) is -0.515. The molecule has 1 amide bonds. The van der Waals surface area contributed by atoms with Crippen LogP contribution in [0.3, 0.4) is 0 Å². The summed E-state index contributed by atoms with van der Waals surface area (Å²) in [6.45, 7) is 1.17. The van der Waals surface area contributed by atoms with Crippen LogP contribution >= 0.6 is 11.3 Å². The van der Waals surface area contributed by atoms with Gasteiger partial charge in [0.25, 0.3) is 5.91 Å². The summed E-state index contributed by atoms with van der Waals surface area (Å²) in [5, 5.41) is 3.70. The predicted molar refractivity (Wildman–Crippen MR) is 95.6 cm³/mol. The molecular weight excluding hydrogens is 322 g/mol. The van der Waals surface area contributed by atoms with E-state index in [2.05, 4.69) is 16.3 Å². The van der Waals surface area contributed by atoms with Gasteiger partial charge in [0.1, 0.15) is 10.8 Å². The Hall–Kier alpha value is -2.60. The van der Waals surface area contributed by atoms with Crippen LogP contribution in [0.4, 0.5) is 5.69 Å². The lowest BCUT2D eigenvalue weighted by Crippen LogP contribution is -2.47. The molecule has 2 heterocycles. The minimum atomic E-state index is -0.515. The summed E-state index contributed by atoms with van der Waals surface area (Å²) in [7, 11) is 1.63. The summed E-state index contributed by atoms with van der Waals surface area (Å²) in [4.78, 5) is 18.9. The van der Waals surface area contributed by atoms with Crippen LogP contribution in [0.1, 0.15) is 5.01 Å². The van der Waals surface area contributed by atoms with Crippen LogP contribution in [0.25, 0.3) is 10.2 Å². The van der Waals surface area contributed by atoms with Gasteiger partial charge < -0.3 is 15.0 Å². The largest absolute Gasteiger partial charge is 0.477 e. The lowest BCUT2D eigenvalue weighted by atomic mass is 10.2. The van der Waals surface area contributed by atoms with Gasteiger partial charge in [-0.15, -0.1) is 11.3 Å². The molecule has 0 fully saturated rings. The van der Waals surface area contributed by atoms with E-state index in [1.165, 1.54) is 4.70 Å². The summed E-state index contributed by atoms with van der Waals surface area (Å²) in [6, 6.07) is 15.9. The van der Waals surface area contributed by atoms with Crippen molar-refractivity contribution in [2.75, 3.05) is 18.5 Å². The fourth-order valence-corrected chi connectivity index (χ4v) is 3.89. The van der Waals surface area contributed by atoms with Crippen molar-refractivity contribution < 1.29 is 9.53 Å². The van der Waals surface area contributed by atoms with Crippen molar-refractivity contribution in [1.82, 2.24) is 10.3 Å². The van der Waals surface area contributed by atoms with E-state index in [0.717, 1.165) is 22.0 Å². The lowest BCUT2D eigenvalue weighted by molar-refractivity contribution is -0.127. The number of hydrogen-bond donors (Lipinski definition) is 1. The number of likely N-dealkylation sites (N-methyl/N-ethyl adjacent to an activating group) is 1. The van der Waals surface area contributed by atoms with Crippen molar-refractivity contribution in [2.24, 2.45) is 0 Å². The predicted octanol–water partition coefficient (Wildman–Crippen LogP) is 2.81. The Morgan fingerprint density at radius 3 is 2.92 bits per heavy atom. The molecule has 122 valence electrons. The van der Waals surface area contributed by atoms with E-state index in [0.29, 0.717) is 13.1 Å². The molecule has 1 atom stereocenters. The molecule has 4 rings (SSSR count). The second-order valence-corrected chi connectivity index (χ2v) is 6.76. The Balaban J connectivity index is 1.66. The zero-order chi connectivity index (χ0) is 16.5. The first kappa shape index (κ1) is 15.0. The van der Waals surface area contributed by atoms with Gasteiger partial charge >= 0.3 is 0 Å². The normalized spacial score (nSPS) is 16.5. The molecule has 1 aliphatic heterocycles. The number of thiazole rings is 1. The summed E-state index contributed by atoms with van der Waals surface area (Å²) in [5.74, 6) is 0.622. The quantitative estimate of drug-likeness (QED) is 0.797. The summed E-state index contributed by atoms with van der Waals surface area (Å²) < 4.78 is 7.02. The lowest BCUT2D eigenvalue weighted by Gasteiger charge is -2.34. The van der Waals surface area contributed by atoms with Crippen LogP contribution < -0.4 is 15.0 Å². The van der Waals surface area contributed by atoms with Crippen LogP contribution in [0.2, 0.25) is 0 Å². The Labute approximate surface area is 143 Å².